The zero-order valence-corrected chi connectivity index (χ0v) is 11.8. The van der Waals surface area contributed by atoms with Crippen LogP contribution in [-0.2, 0) is 6.54 Å². The van der Waals surface area contributed by atoms with Crippen molar-refractivity contribution in [3.63, 3.8) is 0 Å². The molecule has 0 fully saturated rings. The molecule has 0 unspecified atom stereocenters. The molecule has 2 aromatic rings. The van der Waals surface area contributed by atoms with Crippen LogP contribution in [0.5, 0.6) is 5.75 Å². The van der Waals surface area contributed by atoms with Crippen molar-refractivity contribution in [3.8, 4) is 5.75 Å². The average Bonchev–Trinajstić information content (AvgIpc) is 2.94. The van der Waals surface area contributed by atoms with Gasteiger partial charge in [-0.3, -0.25) is 9.48 Å². The van der Waals surface area contributed by atoms with Crippen molar-refractivity contribution < 1.29 is 9.53 Å². The predicted octanol–water partition coefficient (Wildman–Crippen LogP) is 2.02. The minimum absolute atomic E-state index is 0.0803. The fourth-order valence-electron chi connectivity index (χ4n) is 1.93. The third kappa shape index (κ3) is 3.60. The van der Waals surface area contributed by atoms with E-state index in [1.54, 1.807) is 16.9 Å². The molecule has 0 spiro atoms. The number of aryl methyl sites for hydroxylation is 1. The zero-order chi connectivity index (χ0) is 14.4. The monoisotopic (exact) mass is 273 g/mol. The summed E-state index contributed by atoms with van der Waals surface area (Å²) in [5, 5.41) is 6.96. The first kappa shape index (κ1) is 14.1. The number of nitrogens with one attached hydrogen (secondary N) is 1. The van der Waals surface area contributed by atoms with Crippen molar-refractivity contribution in [1.82, 2.24) is 15.1 Å². The van der Waals surface area contributed by atoms with E-state index in [4.69, 9.17) is 4.74 Å². The molecular weight excluding hydrogens is 254 g/mol. The van der Waals surface area contributed by atoms with Gasteiger partial charge in [0, 0.05) is 24.5 Å². The molecule has 0 bridgehead atoms. The molecule has 106 valence electrons. The fraction of sp³-hybridized carbons (Fsp3) is 0.333. The number of benzene rings is 1. The van der Waals surface area contributed by atoms with Crippen LogP contribution in [0.15, 0.2) is 36.7 Å². The normalized spacial score (nSPS) is 10.3. The van der Waals surface area contributed by atoms with E-state index in [-0.39, 0.29) is 5.91 Å². The first-order valence-corrected chi connectivity index (χ1v) is 6.69. The maximum absolute atomic E-state index is 12.0. The van der Waals surface area contributed by atoms with Gasteiger partial charge < -0.3 is 10.1 Å². The van der Waals surface area contributed by atoms with Crippen molar-refractivity contribution >= 4 is 5.91 Å². The van der Waals surface area contributed by atoms with Crippen LogP contribution in [0.2, 0.25) is 0 Å². The van der Waals surface area contributed by atoms with E-state index in [1.165, 1.54) is 0 Å². The van der Waals surface area contributed by atoms with Gasteiger partial charge in [-0.2, -0.15) is 5.10 Å². The minimum atomic E-state index is -0.0803. The van der Waals surface area contributed by atoms with E-state index >= 15 is 0 Å². The second-order valence-electron chi connectivity index (χ2n) is 4.44. The first-order chi connectivity index (χ1) is 9.70. The second-order valence-corrected chi connectivity index (χ2v) is 4.44. The Labute approximate surface area is 118 Å². The van der Waals surface area contributed by atoms with Crippen molar-refractivity contribution in [1.29, 1.82) is 0 Å². The van der Waals surface area contributed by atoms with Gasteiger partial charge in [-0.1, -0.05) is 0 Å². The number of ether oxygens (including phenoxy) is 1. The van der Waals surface area contributed by atoms with Crippen LogP contribution in [0, 0.1) is 6.92 Å². The van der Waals surface area contributed by atoms with Gasteiger partial charge in [-0.15, -0.1) is 0 Å². The standard InChI is InChI=1S/C15H19N3O2/c1-3-20-14-6-5-13(11-12(14)2)15(19)16-8-10-18-9-4-7-17-18/h4-7,9,11H,3,8,10H2,1-2H3,(H,16,19). The Kier molecular flexibility index (Phi) is 4.76. The summed E-state index contributed by atoms with van der Waals surface area (Å²) in [6.45, 7) is 5.71. The fourth-order valence-corrected chi connectivity index (χ4v) is 1.93. The summed E-state index contributed by atoms with van der Waals surface area (Å²) < 4.78 is 7.24. The highest BCUT2D eigenvalue weighted by atomic mass is 16.5. The third-order valence-corrected chi connectivity index (χ3v) is 2.92. The van der Waals surface area contributed by atoms with Crippen LogP contribution in [0.3, 0.4) is 0 Å². The number of carbonyl (C=O) groups is 1. The van der Waals surface area contributed by atoms with Gasteiger partial charge >= 0.3 is 0 Å². The maximum atomic E-state index is 12.0. The van der Waals surface area contributed by atoms with Crippen LogP contribution < -0.4 is 10.1 Å². The van der Waals surface area contributed by atoms with Crippen molar-refractivity contribution in [2.24, 2.45) is 0 Å². The predicted molar refractivity (Wildman–Crippen MR) is 76.9 cm³/mol. The highest BCUT2D eigenvalue weighted by molar-refractivity contribution is 5.94. The average molecular weight is 273 g/mol. The van der Waals surface area contributed by atoms with Crippen LogP contribution in [0.4, 0.5) is 0 Å². The first-order valence-electron chi connectivity index (χ1n) is 6.69. The SMILES string of the molecule is CCOc1ccc(C(=O)NCCn2cccn2)cc1C. The Hall–Kier alpha value is -2.30. The number of nitrogens with zero attached hydrogens (tertiary/aromatic N) is 2. The van der Waals surface area contributed by atoms with Crippen LogP contribution in [-0.4, -0.2) is 28.8 Å². The van der Waals surface area contributed by atoms with Gasteiger partial charge in [-0.05, 0) is 43.7 Å². The Bertz CT molecular complexity index is 565. The quantitative estimate of drug-likeness (QED) is 0.876. The number of amides is 1. The zero-order valence-electron chi connectivity index (χ0n) is 11.8. The van der Waals surface area contributed by atoms with E-state index in [0.717, 1.165) is 11.3 Å². The number of hydrogen-bond donors (Lipinski definition) is 1. The largest absolute Gasteiger partial charge is 0.494 e. The molecule has 1 aromatic heterocycles. The summed E-state index contributed by atoms with van der Waals surface area (Å²) in [5.41, 5.74) is 1.61. The highest BCUT2D eigenvalue weighted by Crippen LogP contribution is 2.18. The lowest BCUT2D eigenvalue weighted by Gasteiger charge is -2.09. The molecule has 5 heteroatoms. The third-order valence-electron chi connectivity index (χ3n) is 2.92. The molecule has 0 aliphatic rings. The van der Waals surface area contributed by atoms with E-state index < -0.39 is 0 Å². The molecule has 0 radical (unpaired) electrons. The number of carbonyl (C=O) groups excluding carboxylic acids is 1. The molecule has 20 heavy (non-hydrogen) atoms. The molecule has 0 saturated carbocycles. The number of aromatic nitrogens is 2. The lowest BCUT2D eigenvalue weighted by atomic mass is 10.1. The summed E-state index contributed by atoms with van der Waals surface area (Å²) in [6.07, 6.45) is 3.59. The lowest BCUT2D eigenvalue weighted by Crippen LogP contribution is -2.27. The summed E-state index contributed by atoms with van der Waals surface area (Å²) in [6, 6.07) is 7.31. The molecule has 1 heterocycles. The minimum Gasteiger partial charge on any atom is -0.494 e. The van der Waals surface area contributed by atoms with E-state index in [9.17, 15) is 4.79 Å². The van der Waals surface area contributed by atoms with Crippen LogP contribution in [0.1, 0.15) is 22.8 Å². The molecule has 5 nitrogen and oxygen atoms in total. The summed E-state index contributed by atoms with van der Waals surface area (Å²) >= 11 is 0. The highest BCUT2D eigenvalue weighted by Gasteiger charge is 2.07. The molecule has 2 rings (SSSR count). The van der Waals surface area contributed by atoms with Crippen LogP contribution >= 0.6 is 0 Å². The number of rotatable bonds is 6. The number of hydrogen-bond acceptors (Lipinski definition) is 3. The molecular formula is C15H19N3O2. The molecule has 0 aliphatic carbocycles. The van der Waals surface area contributed by atoms with Crippen molar-refractivity contribution in [3.05, 3.63) is 47.8 Å². The molecule has 0 saturated heterocycles. The van der Waals surface area contributed by atoms with Gasteiger partial charge in [0.2, 0.25) is 0 Å². The van der Waals surface area contributed by atoms with Gasteiger partial charge in [-0.25, -0.2) is 0 Å². The van der Waals surface area contributed by atoms with Gasteiger partial charge in [0.05, 0.1) is 13.2 Å². The maximum Gasteiger partial charge on any atom is 0.251 e. The Morgan fingerprint density at radius 2 is 2.30 bits per heavy atom. The van der Waals surface area contributed by atoms with Crippen molar-refractivity contribution in [2.75, 3.05) is 13.2 Å². The topological polar surface area (TPSA) is 56.1 Å². The molecule has 0 aliphatic heterocycles. The Balaban J connectivity index is 1.90. The summed E-state index contributed by atoms with van der Waals surface area (Å²) in [5.74, 6) is 0.740. The van der Waals surface area contributed by atoms with Gasteiger partial charge in [0.1, 0.15) is 5.75 Å². The van der Waals surface area contributed by atoms with Gasteiger partial charge in [0.15, 0.2) is 0 Å². The van der Waals surface area contributed by atoms with E-state index in [1.807, 2.05) is 38.2 Å². The van der Waals surface area contributed by atoms with Crippen LogP contribution in [0.25, 0.3) is 0 Å². The van der Waals surface area contributed by atoms with Crippen molar-refractivity contribution in [2.45, 2.75) is 20.4 Å². The summed E-state index contributed by atoms with van der Waals surface area (Å²) in [4.78, 5) is 12.0. The lowest BCUT2D eigenvalue weighted by molar-refractivity contribution is 0.0952. The van der Waals surface area contributed by atoms with Gasteiger partial charge in [0.25, 0.3) is 5.91 Å². The smallest absolute Gasteiger partial charge is 0.251 e. The molecule has 1 amide bonds. The molecule has 1 N–H and O–H groups in total. The second kappa shape index (κ2) is 6.75. The van der Waals surface area contributed by atoms with E-state index in [0.29, 0.717) is 25.3 Å². The Morgan fingerprint density at radius 3 is 2.95 bits per heavy atom. The molecule has 1 aromatic carbocycles. The Morgan fingerprint density at radius 1 is 1.45 bits per heavy atom. The summed E-state index contributed by atoms with van der Waals surface area (Å²) in [7, 11) is 0. The molecule has 0 atom stereocenters. The van der Waals surface area contributed by atoms with E-state index in [2.05, 4.69) is 10.4 Å².